The molecule has 0 bridgehead atoms. The molecule has 72 valence electrons. The average molecular weight is 176 g/mol. The Morgan fingerprint density at radius 3 is 2.00 bits per heavy atom. The summed E-state index contributed by atoms with van der Waals surface area (Å²) in [5.41, 5.74) is 2.67. The minimum atomic E-state index is 1.02. The Morgan fingerprint density at radius 1 is 0.846 bits per heavy atom. The SMILES string of the molecule is C/C=C\C\C=C/C(C)=C(C)/C=C\C. The molecule has 0 aromatic carbocycles. The second kappa shape index (κ2) is 7.60. The van der Waals surface area contributed by atoms with E-state index in [1.165, 1.54) is 11.1 Å². The Hall–Kier alpha value is -1.04. The highest BCUT2D eigenvalue weighted by Crippen LogP contribution is 2.06. The molecule has 0 saturated heterocycles. The first-order chi connectivity index (χ1) is 6.22. The molecule has 0 heteroatoms. The van der Waals surface area contributed by atoms with E-state index in [2.05, 4.69) is 50.3 Å². The molecule has 0 radical (unpaired) electrons. The molecular weight excluding hydrogens is 156 g/mol. The van der Waals surface area contributed by atoms with Gasteiger partial charge in [0.05, 0.1) is 0 Å². The van der Waals surface area contributed by atoms with Crippen LogP contribution in [0.1, 0.15) is 34.1 Å². The Morgan fingerprint density at radius 2 is 1.46 bits per heavy atom. The van der Waals surface area contributed by atoms with Crippen LogP contribution < -0.4 is 0 Å². The van der Waals surface area contributed by atoms with Gasteiger partial charge in [-0.25, -0.2) is 0 Å². The molecule has 0 saturated carbocycles. The summed E-state index contributed by atoms with van der Waals surface area (Å²) in [6, 6.07) is 0. The number of hydrogen-bond donors (Lipinski definition) is 0. The lowest BCUT2D eigenvalue weighted by atomic mass is 10.1. The number of rotatable bonds is 4. The van der Waals surface area contributed by atoms with E-state index in [4.69, 9.17) is 0 Å². The summed E-state index contributed by atoms with van der Waals surface area (Å²) in [5.74, 6) is 0. The fraction of sp³-hybridized carbons (Fsp3) is 0.385. The van der Waals surface area contributed by atoms with Crippen molar-refractivity contribution in [1.29, 1.82) is 0 Å². The van der Waals surface area contributed by atoms with Gasteiger partial charge in [-0.1, -0.05) is 36.5 Å². The van der Waals surface area contributed by atoms with Crippen molar-refractivity contribution in [1.82, 2.24) is 0 Å². The van der Waals surface area contributed by atoms with Gasteiger partial charge >= 0.3 is 0 Å². The van der Waals surface area contributed by atoms with Gasteiger partial charge in [0.25, 0.3) is 0 Å². The van der Waals surface area contributed by atoms with Crippen molar-refractivity contribution in [3.8, 4) is 0 Å². The molecule has 13 heavy (non-hydrogen) atoms. The third kappa shape index (κ3) is 6.15. The maximum Gasteiger partial charge on any atom is -0.0166 e. The van der Waals surface area contributed by atoms with Gasteiger partial charge < -0.3 is 0 Å². The van der Waals surface area contributed by atoms with Crippen LogP contribution in [-0.2, 0) is 0 Å². The smallest absolute Gasteiger partial charge is 0.0166 e. The maximum atomic E-state index is 2.18. The van der Waals surface area contributed by atoms with Crippen molar-refractivity contribution >= 4 is 0 Å². The minimum absolute atomic E-state index is 1.02. The molecular formula is C13H20. The lowest BCUT2D eigenvalue weighted by Gasteiger charge is -1.95. The summed E-state index contributed by atoms with van der Waals surface area (Å²) >= 11 is 0. The van der Waals surface area contributed by atoms with Crippen molar-refractivity contribution in [3.63, 3.8) is 0 Å². The van der Waals surface area contributed by atoms with Crippen molar-refractivity contribution in [2.24, 2.45) is 0 Å². The minimum Gasteiger partial charge on any atom is -0.0914 e. The van der Waals surface area contributed by atoms with Crippen LogP contribution in [0, 0.1) is 0 Å². The van der Waals surface area contributed by atoms with Crippen LogP contribution in [-0.4, -0.2) is 0 Å². The topological polar surface area (TPSA) is 0 Å². The second-order valence-corrected chi connectivity index (χ2v) is 3.07. The van der Waals surface area contributed by atoms with Crippen LogP contribution >= 0.6 is 0 Å². The monoisotopic (exact) mass is 176 g/mol. The van der Waals surface area contributed by atoms with Crippen LogP contribution in [0.25, 0.3) is 0 Å². The molecule has 0 unspecified atom stereocenters. The van der Waals surface area contributed by atoms with E-state index in [0.29, 0.717) is 0 Å². The molecule has 0 rings (SSSR count). The van der Waals surface area contributed by atoms with Gasteiger partial charge in [-0.2, -0.15) is 0 Å². The summed E-state index contributed by atoms with van der Waals surface area (Å²) in [6.07, 6.45) is 13.8. The van der Waals surface area contributed by atoms with E-state index in [9.17, 15) is 0 Å². The van der Waals surface area contributed by atoms with Gasteiger partial charge in [-0.3, -0.25) is 0 Å². The van der Waals surface area contributed by atoms with Crippen LogP contribution in [0.5, 0.6) is 0 Å². The van der Waals surface area contributed by atoms with E-state index >= 15 is 0 Å². The van der Waals surface area contributed by atoms with Crippen molar-refractivity contribution < 1.29 is 0 Å². The standard InChI is InChI=1S/C13H20/c1-5-7-8-9-11-13(4)12(3)10-6-2/h5-7,9-11H,8H2,1-4H3/b7-5-,10-6-,11-9-,13-12+. The molecule has 0 fully saturated rings. The maximum absolute atomic E-state index is 2.18. The molecule has 0 heterocycles. The number of hydrogen-bond acceptors (Lipinski definition) is 0. The van der Waals surface area contributed by atoms with E-state index in [0.717, 1.165) is 6.42 Å². The van der Waals surface area contributed by atoms with E-state index < -0.39 is 0 Å². The highest BCUT2D eigenvalue weighted by atomic mass is 13.9. The fourth-order valence-corrected chi connectivity index (χ4v) is 0.972. The molecule has 0 spiro atoms. The molecule has 0 aliphatic heterocycles. The van der Waals surface area contributed by atoms with Gasteiger partial charge in [0, 0.05) is 0 Å². The highest BCUT2D eigenvalue weighted by Gasteiger charge is 1.86. The first-order valence-corrected chi connectivity index (χ1v) is 4.80. The average Bonchev–Trinajstić information content (AvgIpc) is 2.12. The largest absolute Gasteiger partial charge is 0.0914 e. The van der Waals surface area contributed by atoms with Crippen molar-refractivity contribution in [2.45, 2.75) is 34.1 Å². The quantitative estimate of drug-likeness (QED) is 0.439. The zero-order valence-electron chi connectivity index (χ0n) is 9.17. The molecule has 0 nitrogen and oxygen atoms in total. The van der Waals surface area contributed by atoms with Gasteiger partial charge in [0.1, 0.15) is 0 Å². The van der Waals surface area contributed by atoms with Gasteiger partial charge in [-0.15, -0.1) is 0 Å². The molecule has 0 amide bonds. The second-order valence-electron chi connectivity index (χ2n) is 3.07. The fourth-order valence-electron chi connectivity index (χ4n) is 0.972. The molecule has 0 aliphatic rings. The van der Waals surface area contributed by atoms with Crippen molar-refractivity contribution in [2.75, 3.05) is 0 Å². The molecule has 0 aliphatic carbocycles. The molecule has 0 aromatic rings. The Bertz CT molecular complexity index is 237. The van der Waals surface area contributed by atoms with E-state index in [1.807, 2.05) is 13.8 Å². The van der Waals surface area contributed by atoms with Crippen LogP contribution in [0.15, 0.2) is 47.6 Å². The number of allylic oxidation sites excluding steroid dienone is 8. The normalized spacial score (nSPS) is 14.8. The summed E-state index contributed by atoms with van der Waals surface area (Å²) in [4.78, 5) is 0. The van der Waals surface area contributed by atoms with E-state index in [1.54, 1.807) is 0 Å². The summed E-state index contributed by atoms with van der Waals surface area (Å²) in [5, 5.41) is 0. The van der Waals surface area contributed by atoms with Gasteiger partial charge in [0.15, 0.2) is 0 Å². The van der Waals surface area contributed by atoms with E-state index in [-0.39, 0.29) is 0 Å². The first kappa shape index (κ1) is 12.0. The first-order valence-electron chi connectivity index (χ1n) is 4.80. The Kier molecular flexibility index (Phi) is 6.99. The highest BCUT2D eigenvalue weighted by molar-refractivity contribution is 5.29. The zero-order chi connectivity index (χ0) is 10.1. The Labute approximate surface area is 82.4 Å². The predicted molar refractivity (Wildman–Crippen MR) is 61.8 cm³/mol. The molecule has 0 atom stereocenters. The summed E-state index contributed by atoms with van der Waals surface area (Å²) in [6.45, 7) is 8.36. The third-order valence-electron chi connectivity index (χ3n) is 1.91. The zero-order valence-corrected chi connectivity index (χ0v) is 9.17. The summed E-state index contributed by atoms with van der Waals surface area (Å²) < 4.78 is 0. The molecule has 0 aromatic heterocycles. The van der Waals surface area contributed by atoms with Crippen LogP contribution in [0.3, 0.4) is 0 Å². The third-order valence-corrected chi connectivity index (χ3v) is 1.91. The van der Waals surface area contributed by atoms with Crippen LogP contribution in [0.2, 0.25) is 0 Å². The van der Waals surface area contributed by atoms with Crippen molar-refractivity contribution in [3.05, 3.63) is 47.6 Å². The summed E-state index contributed by atoms with van der Waals surface area (Å²) in [7, 11) is 0. The predicted octanol–water partition coefficient (Wildman–Crippen LogP) is 4.42. The van der Waals surface area contributed by atoms with Gasteiger partial charge in [-0.05, 0) is 45.3 Å². The van der Waals surface area contributed by atoms with Crippen LogP contribution in [0.4, 0.5) is 0 Å². The lowest BCUT2D eigenvalue weighted by molar-refractivity contribution is 1.32. The molecule has 0 N–H and O–H groups in total. The Balaban J connectivity index is 4.18. The van der Waals surface area contributed by atoms with Gasteiger partial charge in [0.2, 0.25) is 0 Å². The lowest BCUT2D eigenvalue weighted by Crippen LogP contribution is -1.75.